The summed E-state index contributed by atoms with van der Waals surface area (Å²) in [4.78, 5) is 16.5. The largest absolute Gasteiger partial charge is 0.508 e. The Hall–Kier alpha value is -3.21. The normalized spacial score (nSPS) is 11.7. The lowest BCUT2D eigenvalue weighted by atomic mass is 9.99. The van der Waals surface area contributed by atoms with E-state index in [0.717, 1.165) is 11.1 Å². The average Bonchev–Trinajstić information content (AvgIpc) is 2.61. The number of hydrogen-bond acceptors (Lipinski definition) is 3. The number of aromatic nitrogens is 1. The van der Waals surface area contributed by atoms with E-state index in [9.17, 15) is 14.3 Å². The number of rotatable bonds is 5. The van der Waals surface area contributed by atoms with Crippen molar-refractivity contribution < 1.29 is 14.3 Å². The van der Waals surface area contributed by atoms with E-state index in [4.69, 9.17) is 0 Å². The zero-order chi connectivity index (χ0) is 17.6. The molecule has 5 heteroatoms. The van der Waals surface area contributed by atoms with Crippen LogP contribution in [-0.4, -0.2) is 16.0 Å². The Morgan fingerprint density at radius 1 is 1.04 bits per heavy atom. The number of pyridine rings is 1. The molecule has 0 saturated heterocycles. The predicted molar refractivity (Wildman–Crippen MR) is 92.4 cm³/mol. The Balaban J connectivity index is 1.82. The number of amides is 1. The van der Waals surface area contributed by atoms with Gasteiger partial charge in [0.05, 0.1) is 12.5 Å². The molecule has 25 heavy (non-hydrogen) atoms. The molecule has 0 spiro atoms. The standard InChI is InChI=1S/C20H17FN2O2/c21-17-6-4-15(5-7-17)20(16-8-10-22-11-9-16)23-19(25)13-14-2-1-3-18(24)12-14/h1-12,20,24H,13H2,(H,23,25). The van der Waals surface area contributed by atoms with Gasteiger partial charge in [-0.1, -0.05) is 24.3 Å². The number of halogens is 1. The molecule has 3 aromatic rings. The summed E-state index contributed by atoms with van der Waals surface area (Å²) >= 11 is 0. The van der Waals surface area contributed by atoms with Crippen LogP contribution in [0.5, 0.6) is 5.75 Å². The van der Waals surface area contributed by atoms with Crippen LogP contribution >= 0.6 is 0 Å². The van der Waals surface area contributed by atoms with Crippen LogP contribution < -0.4 is 5.32 Å². The van der Waals surface area contributed by atoms with E-state index >= 15 is 0 Å². The summed E-state index contributed by atoms with van der Waals surface area (Å²) < 4.78 is 13.2. The molecule has 0 fully saturated rings. The van der Waals surface area contributed by atoms with Gasteiger partial charge in [-0.25, -0.2) is 4.39 Å². The number of nitrogens with one attached hydrogen (secondary N) is 1. The molecule has 0 radical (unpaired) electrons. The molecule has 3 rings (SSSR count). The van der Waals surface area contributed by atoms with Gasteiger partial charge in [-0.15, -0.1) is 0 Å². The number of hydrogen-bond donors (Lipinski definition) is 2. The smallest absolute Gasteiger partial charge is 0.225 e. The molecule has 126 valence electrons. The van der Waals surface area contributed by atoms with E-state index in [0.29, 0.717) is 5.56 Å². The third-order valence-electron chi connectivity index (χ3n) is 3.82. The molecule has 0 saturated carbocycles. The van der Waals surface area contributed by atoms with E-state index in [1.807, 2.05) is 12.1 Å². The molecule has 1 amide bonds. The molecule has 1 aromatic heterocycles. The number of phenols is 1. The Morgan fingerprint density at radius 2 is 1.72 bits per heavy atom. The van der Waals surface area contributed by atoms with Crippen molar-refractivity contribution >= 4 is 5.91 Å². The first-order valence-electron chi connectivity index (χ1n) is 7.84. The quantitative estimate of drug-likeness (QED) is 0.751. The second kappa shape index (κ2) is 7.57. The van der Waals surface area contributed by atoms with Crippen molar-refractivity contribution in [2.24, 2.45) is 0 Å². The lowest BCUT2D eigenvalue weighted by Gasteiger charge is -2.20. The summed E-state index contributed by atoms with van der Waals surface area (Å²) in [6.45, 7) is 0. The molecule has 2 aromatic carbocycles. The molecular formula is C20H17FN2O2. The Morgan fingerprint density at radius 3 is 2.40 bits per heavy atom. The molecule has 1 atom stereocenters. The van der Waals surface area contributed by atoms with Crippen LogP contribution in [0.1, 0.15) is 22.7 Å². The first kappa shape index (κ1) is 16.6. The molecular weight excluding hydrogens is 319 g/mol. The fraction of sp³-hybridized carbons (Fsp3) is 0.100. The fourth-order valence-electron chi connectivity index (χ4n) is 2.63. The zero-order valence-corrected chi connectivity index (χ0v) is 13.4. The molecule has 4 nitrogen and oxygen atoms in total. The number of aromatic hydroxyl groups is 1. The second-order valence-corrected chi connectivity index (χ2v) is 5.68. The average molecular weight is 336 g/mol. The minimum atomic E-state index is -0.409. The van der Waals surface area contributed by atoms with E-state index in [-0.39, 0.29) is 23.9 Å². The van der Waals surface area contributed by atoms with Crippen molar-refractivity contribution in [3.05, 3.63) is 95.6 Å². The van der Waals surface area contributed by atoms with Crippen molar-refractivity contribution in [2.75, 3.05) is 0 Å². The maximum atomic E-state index is 13.2. The maximum absolute atomic E-state index is 13.2. The molecule has 0 aliphatic heterocycles. The maximum Gasteiger partial charge on any atom is 0.225 e. The number of carbonyl (C=O) groups excluding carboxylic acids is 1. The highest BCUT2D eigenvalue weighted by Gasteiger charge is 2.17. The van der Waals surface area contributed by atoms with Gasteiger partial charge in [0.25, 0.3) is 0 Å². The third-order valence-corrected chi connectivity index (χ3v) is 3.82. The summed E-state index contributed by atoms with van der Waals surface area (Å²) in [7, 11) is 0. The number of nitrogens with zero attached hydrogens (tertiary/aromatic N) is 1. The summed E-state index contributed by atoms with van der Waals surface area (Å²) in [6, 6.07) is 15.8. The summed E-state index contributed by atoms with van der Waals surface area (Å²) in [5.74, 6) is -0.408. The summed E-state index contributed by atoms with van der Waals surface area (Å²) in [5.41, 5.74) is 2.34. The van der Waals surface area contributed by atoms with Gasteiger partial charge < -0.3 is 10.4 Å². The first-order valence-corrected chi connectivity index (χ1v) is 7.84. The lowest BCUT2D eigenvalue weighted by molar-refractivity contribution is -0.120. The van der Waals surface area contributed by atoms with Crippen LogP contribution in [0.3, 0.4) is 0 Å². The van der Waals surface area contributed by atoms with Crippen LogP contribution in [0.2, 0.25) is 0 Å². The fourth-order valence-corrected chi connectivity index (χ4v) is 2.63. The topological polar surface area (TPSA) is 62.2 Å². The van der Waals surface area contributed by atoms with Gasteiger partial charge in [0.15, 0.2) is 0 Å². The van der Waals surface area contributed by atoms with Gasteiger partial charge in [-0.05, 0) is 53.1 Å². The van der Waals surface area contributed by atoms with Crippen LogP contribution in [0, 0.1) is 5.82 Å². The van der Waals surface area contributed by atoms with Crippen LogP contribution in [-0.2, 0) is 11.2 Å². The number of carbonyl (C=O) groups is 1. The highest BCUT2D eigenvalue weighted by atomic mass is 19.1. The number of phenolic OH excluding ortho intramolecular Hbond substituents is 1. The summed E-state index contributed by atoms with van der Waals surface area (Å²) in [6.07, 6.45) is 3.43. The Kier molecular flexibility index (Phi) is 5.04. The zero-order valence-electron chi connectivity index (χ0n) is 13.4. The highest BCUT2D eigenvalue weighted by molar-refractivity contribution is 5.79. The minimum absolute atomic E-state index is 0.120. The molecule has 2 N–H and O–H groups in total. The van der Waals surface area contributed by atoms with Crippen molar-refractivity contribution in [2.45, 2.75) is 12.5 Å². The van der Waals surface area contributed by atoms with E-state index in [1.54, 1.807) is 48.8 Å². The minimum Gasteiger partial charge on any atom is -0.508 e. The first-order chi connectivity index (χ1) is 12.1. The van der Waals surface area contributed by atoms with Gasteiger partial charge in [0.1, 0.15) is 11.6 Å². The van der Waals surface area contributed by atoms with E-state index in [1.165, 1.54) is 12.1 Å². The second-order valence-electron chi connectivity index (χ2n) is 5.68. The van der Waals surface area contributed by atoms with Crippen molar-refractivity contribution in [1.82, 2.24) is 10.3 Å². The predicted octanol–water partition coefficient (Wildman–Crippen LogP) is 3.37. The van der Waals surface area contributed by atoms with Crippen LogP contribution in [0.15, 0.2) is 73.1 Å². The third kappa shape index (κ3) is 4.41. The van der Waals surface area contributed by atoms with Crippen molar-refractivity contribution in [1.29, 1.82) is 0 Å². The van der Waals surface area contributed by atoms with Gasteiger partial charge in [-0.3, -0.25) is 9.78 Å². The Bertz CT molecular complexity index is 851. The van der Waals surface area contributed by atoms with Gasteiger partial charge >= 0.3 is 0 Å². The SMILES string of the molecule is O=C(Cc1cccc(O)c1)NC(c1ccncc1)c1ccc(F)cc1. The van der Waals surface area contributed by atoms with Gasteiger partial charge in [-0.2, -0.15) is 0 Å². The van der Waals surface area contributed by atoms with Crippen LogP contribution in [0.4, 0.5) is 4.39 Å². The monoisotopic (exact) mass is 336 g/mol. The molecule has 1 unspecified atom stereocenters. The Labute approximate surface area is 145 Å². The highest BCUT2D eigenvalue weighted by Crippen LogP contribution is 2.22. The molecule has 0 aliphatic carbocycles. The van der Waals surface area contributed by atoms with Crippen LogP contribution in [0.25, 0.3) is 0 Å². The number of benzene rings is 2. The van der Waals surface area contributed by atoms with Crippen molar-refractivity contribution in [3.63, 3.8) is 0 Å². The van der Waals surface area contributed by atoms with Gasteiger partial charge in [0, 0.05) is 12.4 Å². The molecule has 1 heterocycles. The lowest BCUT2D eigenvalue weighted by Crippen LogP contribution is -2.30. The molecule has 0 aliphatic rings. The van der Waals surface area contributed by atoms with Crippen molar-refractivity contribution in [3.8, 4) is 5.75 Å². The summed E-state index contributed by atoms with van der Waals surface area (Å²) in [5, 5.41) is 12.5. The van der Waals surface area contributed by atoms with Gasteiger partial charge in [0.2, 0.25) is 5.91 Å². The van der Waals surface area contributed by atoms with E-state index < -0.39 is 6.04 Å². The molecule has 0 bridgehead atoms. The van der Waals surface area contributed by atoms with E-state index in [2.05, 4.69) is 10.3 Å².